The quantitative estimate of drug-likeness (QED) is 0.877. The highest BCUT2D eigenvalue weighted by molar-refractivity contribution is 5.59. The fourth-order valence-corrected chi connectivity index (χ4v) is 2.50. The van der Waals surface area contributed by atoms with Crippen molar-refractivity contribution >= 4 is 12.2 Å². The monoisotopic (exact) mass is 325 g/mol. The average molecular weight is 325 g/mol. The van der Waals surface area contributed by atoms with Crippen molar-refractivity contribution in [3.05, 3.63) is 47.8 Å². The van der Waals surface area contributed by atoms with Crippen LogP contribution in [0, 0.1) is 0 Å². The smallest absolute Gasteiger partial charge is 0.146 e. The number of hydrogen-bond donors (Lipinski definition) is 1. The second-order valence-corrected chi connectivity index (χ2v) is 8.06. The highest BCUT2D eigenvalue weighted by Gasteiger charge is 2.26. The fraction of sp³-hybridized carbons (Fsp3) is 0.400. The van der Waals surface area contributed by atoms with Crippen LogP contribution in [0.2, 0.25) is 0 Å². The number of benzene rings is 1. The molecule has 0 aliphatic rings. The molecule has 0 unspecified atom stereocenters. The summed E-state index contributed by atoms with van der Waals surface area (Å²) in [5.74, 6) is 0.205. The van der Waals surface area contributed by atoms with Gasteiger partial charge < -0.3 is 5.11 Å². The van der Waals surface area contributed by atoms with Crippen LogP contribution >= 0.6 is 0 Å². The summed E-state index contributed by atoms with van der Waals surface area (Å²) in [5.41, 5.74) is 3.60. The molecule has 0 saturated heterocycles. The Kier molecular flexibility index (Phi) is 4.44. The zero-order valence-electron chi connectivity index (χ0n) is 15.5. The number of phenolic OH excluding ortho intramolecular Hbond substituents is 1. The van der Waals surface area contributed by atoms with Crippen molar-refractivity contribution in [2.45, 2.75) is 52.4 Å². The Morgan fingerprint density at radius 3 is 1.79 bits per heavy atom. The molecule has 24 heavy (non-hydrogen) atoms. The van der Waals surface area contributed by atoms with Crippen molar-refractivity contribution < 1.29 is 5.11 Å². The first-order valence-corrected chi connectivity index (χ1v) is 8.09. The van der Waals surface area contributed by atoms with E-state index in [9.17, 15) is 5.11 Å². The maximum absolute atomic E-state index is 10.9. The van der Waals surface area contributed by atoms with Gasteiger partial charge in [0.25, 0.3) is 0 Å². The van der Waals surface area contributed by atoms with Crippen molar-refractivity contribution in [3.63, 3.8) is 0 Å². The summed E-state index contributed by atoms with van der Waals surface area (Å²) in [6.07, 6.45) is 3.27. The Labute approximate surface area is 144 Å². The van der Waals surface area contributed by atoms with Crippen LogP contribution in [-0.4, -0.2) is 20.1 Å². The number of aromatic hydroxyl groups is 1. The van der Waals surface area contributed by atoms with E-state index in [0.717, 1.165) is 11.1 Å². The van der Waals surface area contributed by atoms with Crippen molar-refractivity contribution in [3.8, 4) is 11.4 Å². The summed E-state index contributed by atoms with van der Waals surface area (Å²) >= 11 is 0. The van der Waals surface area contributed by atoms with Crippen LogP contribution in [0.15, 0.2) is 25.3 Å². The minimum Gasteiger partial charge on any atom is -0.505 e. The van der Waals surface area contributed by atoms with Gasteiger partial charge in [-0.2, -0.15) is 0 Å². The highest BCUT2D eigenvalue weighted by Crippen LogP contribution is 2.39. The van der Waals surface area contributed by atoms with Crippen LogP contribution in [0.1, 0.15) is 64.1 Å². The van der Waals surface area contributed by atoms with Gasteiger partial charge in [-0.1, -0.05) is 60.8 Å². The Hall–Kier alpha value is -2.36. The summed E-state index contributed by atoms with van der Waals surface area (Å²) < 4.78 is 0. The van der Waals surface area contributed by atoms with Crippen LogP contribution in [0.4, 0.5) is 0 Å². The zero-order valence-corrected chi connectivity index (χ0v) is 15.5. The Balaban J connectivity index is 2.80. The summed E-state index contributed by atoms with van der Waals surface area (Å²) in [7, 11) is 0. The molecule has 0 radical (unpaired) electrons. The van der Waals surface area contributed by atoms with E-state index >= 15 is 0 Å². The standard InChI is InChI=1S/C20H27N3O/c1-9-15-16(10-2)22-23(21-15)17-12-13(19(3,4)5)11-14(18(17)24)20(6,7)8/h9-12,24H,1-2H2,3-8H3. The van der Waals surface area contributed by atoms with Crippen molar-refractivity contribution in [2.24, 2.45) is 0 Å². The predicted octanol–water partition coefficient (Wildman–Crippen LogP) is 4.85. The lowest BCUT2D eigenvalue weighted by atomic mass is 9.80. The average Bonchev–Trinajstić information content (AvgIpc) is 2.88. The molecule has 4 heteroatoms. The molecule has 0 amide bonds. The topological polar surface area (TPSA) is 50.9 Å². The van der Waals surface area contributed by atoms with E-state index in [-0.39, 0.29) is 16.6 Å². The largest absolute Gasteiger partial charge is 0.505 e. The zero-order chi connectivity index (χ0) is 18.3. The van der Waals surface area contributed by atoms with Gasteiger partial charge in [0.15, 0.2) is 0 Å². The molecule has 0 aliphatic carbocycles. The van der Waals surface area contributed by atoms with E-state index in [0.29, 0.717) is 17.1 Å². The van der Waals surface area contributed by atoms with Gasteiger partial charge in [0, 0.05) is 5.56 Å². The lowest BCUT2D eigenvalue weighted by Crippen LogP contribution is -2.18. The third kappa shape index (κ3) is 3.28. The van der Waals surface area contributed by atoms with Crippen molar-refractivity contribution in [1.82, 2.24) is 15.0 Å². The molecule has 128 valence electrons. The highest BCUT2D eigenvalue weighted by atomic mass is 16.3. The van der Waals surface area contributed by atoms with E-state index < -0.39 is 0 Å². The molecule has 0 saturated carbocycles. The first-order valence-electron chi connectivity index (χ1n) is 8.09. The van der Waals surface area contributed by atoms with Crippen molar-refractivity contribution in [2.75, 3.05) is 0 Å². The predicted molar refractivity (Wildman–Crippen MR) is 101 cm³/mol. The second kappa shape index (κ2) is 5.93. The van der Waals surface area contributed by atoms with E-state index in [1.165, 1.54) is 4.80 Å². The molecule has 2 aromatic rings. The van der Waals surface area contributed by atoms with Gasteiger partial charge in [0.1, 0.15) is 22.8 Å². The van der Waals surface area contributed by atoms with Crippen LogP contribution in [-0.2, 0) is 10.8 Å². The third-order valence-electron chi connectivity index (χ3n) is 4.03. The van der Waals surface area contributed by atoms with Gasteiger partial charge in [-0.15, -0.1) is 15.0 Å². The lowest BCUT2D eigenvalue weighted by Gasteiger charge is -2.27. The molecule has 4 nitrogen and oxygen atoms in total. The molecule has 0 fully saturated rings. The number of phenols is 1. The second-order valence-electron chi connectivity index (χ2n) is 8.06. The molecular weight excluding hydrogens is 298 g/mol. The fourth-order valence-electron chi connectivity index (χ4n) is 2.50. The Morgan fingerprint density at radius 1 is 0.917 bits per heavy atom. The van der Waals surface area contributed by atoms with E-state index in [2.05, 4.69) is 71.0 Å². The van der Waals surface area contributed by atoms with E-state index in [1.54, 1.807) is 12.2 Å². The van der Waals surface area contributed by atoms with Crippen LogP contribution in [0.5, 0.6) is 5.75 Å². The number of rotatable bonds is 3. The molecule has 1 heterocycles. The molecule has 1 N–H and O–H groups in total. The maximum Gasteiger partial charge on any atom is 0.146 e. The summed E-state index contributed by atoms with van der Waals surface area (Å²) in [6, 6.07) is 4.02. The SMILES string of the molecule is C=Cc1nn(-c2cc(C(C)(C)C)cc(C(C)(C)C)c2O)nc1C=C. The Morgan fingerprint density at radius 2 is 1.42 bits per heavy atom. The first kappa shape index (κ1) is 18.0. The van der Waals surface area contributed by atoms with Crippen LogP contribution < -0.4 is 0 Å². The summed E-state index contributed by atoms with van der Waals surface area (Å²) in [4.78, 5) is 1.47. The van der Waals surface area contributed by atoms with Gasteiger partial charge >= 0.3 is 0 Å². The Bertz CT molecular complexity index is 761. The van der Waals surface area contributed by atoms with Gasteiger partial charge in [0.05, 0.1) is 0 Å². The summed E-state index contributed by atoms with van der Waals surface area (Å²) in [6.45, 7) is 20.2. The molecule has 2 rings (SSSR count). The van der Waals surface area contributed by atoms with Crippen LogP contribution in [0.25, 0.3) is 17.8 Å². The summed E-state index contributed by atoms with van der Waals surface area (Å²) in [5, 5.41) is 19.7. The molecule has 0 spiro atoms. The first-order chi connectivity index (χ1) is 11.0. The molecule has 1 aromatic carbocycles. The molecule has 0 aliphatic heterocycles. The minimum atomic E-state index is -0.199. The third-order valence-corrected chi connectivity index (χ3v) is 4.03. The van der Waals surface area contributed by atoms with Gasteiger partial charge in [-0.05, 0) is 34.6 Å². The number of aromatic nitrogens is 3. The van der Waals surface area contributed by atoms with Gasteiger partial charge in [0.2, 0.25) is 0 Å². The molecule has 1 aromatic heterocycles. The molecule has 0 bridgehead atoms. The van der Waals surface area contributed by atoms with Crippen LogP contribution in [0.3, 0.4) is 0 Å². The number of hydrogen-bond acceptors (Lipinski definition) is 3. The van der Waals surface area contributed by atoms with Gasteiger partial charge in [-0.3, -0.25) is 0 Å². The van der Waals surface area contributed by atoms with Gasteiger partial charge in [-0.25, -0.2) is 0 Å². The van der Waals surface area contributed by atoms with E-state index in [1.807, 2.05) is 6.07 Å². The normalized spacial score (nSPS) is 12.2. The molecule has 0 atom stereocenters. The number of nitrogens with zero attached hydrogens (tertiary/aromatic N) is 3. The van der Waals surface area contributed by atoms with E-state index in [4.69, 9.17) is 0 Å². The molecular formula is C20H27N3O. The minimum absolute atomic E-state index is 0.0574. The van der Waals surface area contributed by atoms with Crippen molar-refractivity contribution in [1.29, 1.82) is 0 Å². The lowest BCUT2D eigenvalue weighted by molar-refractivity contribution is 0.438. The maximum atomic E-state index is 10.9.